The Balaban J connectivity index is 2.88. The van der Waals surface area contributed by atoms with Crippen LogP contribution < -0.4 is 15.2 Å². The number of hydrogen-bond acceptors (Lipinski definition) is 12. The molecule has 232 valence electrons. The van der Waals surface area contributed by atoms with Gasteiger partial charge in [-0.05, 0) is 55.2 Å². The van der Waals surface area contributed by atoms with E-state index in [0.717, 1.165) is 0 Å². The van der Waals surface area contributed by atoms with Gasteiger partial charge in [-0.2, -0.15) is 0 Å². The third-order valence-electron chi connectivity index (χ3n) is 5.09. The smallest absolute Gasteiger partial charge is 0.458 e. The van der Waals surface area contributed by atoms with Crippen LogP contribution >= 0.6 is 0 Å². The van der Waals surface area contributed by atoms with Gasteiger partial charge in [-0.15, -0.1) is 0 Å². The van der Waals surface area contributed by atoms with Gasteiger partial charge in [0.15, 0.2) is 11.5 Å². The number of rotatable bonds is 13. The average Bonchev–Trinajstić information content (AvgIpc) is 2.86. The van der Waals surface area contributed by atoms with Gasteiger partial charge in [0.05, 0.1) is 19.8 Å². The van der Waals surface area contributed by atoms with Gasteiger partial charge in [-0.25, -0.2) is 14.4 Å². The number of carbonyl (C=O) groups is 4. The molecule has 1 aromatic carbocycles. The molecule has 3 atom stereocenters. The molecule has 0 bridgehead atoms. The molecule has 0 saturated heterocycles. The number of nitrogens with two attached hydrogens (primary N) is 1. The van der Waals surface area contributed by atoms with Crippen LogP contribution in [0.15, 0.2) is 18.2 Å². The van der Waals surface area contributed by atoms with E-state index in [1.54, 1.807) is 19.9 Å². The normalized spacial score (nSPS) is 13.6. The van der Waals surface area contributed by atoms with Crippen LogP contribution in [-0.4, -0.2) is 62.5 Å². The van der Waals surface area contributed by atoms with Gasteiger partial charge >= 0.3 is 24.4 Å². The van der Waals surface area contributed by atoms with Gasteiger partial charge < -0.3 is 38.9 Å². The Hall–Kier alpha value is -3.54. The standard InChI is InChI=1S/C29H45NO11/c1-17(2)14-35-26(32)40-23-11-10-21(13-24(23)41-27(33)36-15-18(3)4)12-22(30)25(31)38-19(5)20(6)39-28(34)37-16-29(7,8)9/h10-11,13,17-20,22H,12,14-16,30H2,1-9H3/t19-,20-,22-/m0/s1. The molecular formula is C29H45NO11. The zero-order valence-electron chi connectivity index (χ0n) is 25.5. The zero-order valence-corrected chi connectivity index (χ0v) is 25.5. The fourth-order valence-corrected chi connectivity index (χ4v) is 2.81. The summed E-state index contributed by atoms with van der Waals surface area (Å²) in [4.78, 5) is 48.9. The van der Waals surface area contributed by atoms with Crippen LogP contribution in [0.1, 0.15) is 67.9 Å². The van der Waals surface area contributed by atoms with Crippen molar-refractivity contribution in [1.29, 1.82) is 0 Å². The molecule has 1 rings (SSSR count). The van der Waals surface area contributed by atoms with Gasteiger partial charge in [-0.3, -0.25) is 4.79 Å². The van der Waals surface area contributed by atoms with Gasteiger partial charge in [0.1, 0.15) is 18.2 Å². The lowest BCUT2D eigenvalue weighted by molar-refractivity contribution is -0.155. The lowest BCUT2D eigenvalue weighted by Crippen LogP contribution is -2.39. The first-order valence-corrected chi connectivity index (χ1v) is 13.6. The summed E-state index contributed by atoms with van der Waals surface area (Å²) in [6.07, 6.45) is -4.44. The molecule has 0 aromatic heterocycles. The van der Waals surface area contributed by atoms with Gasteiger partial charge in [0, 0.05) is 0 Å². The van der Waals surface area contributed by atoms with Crippen molar-refractivity contribution in [2.24, 2.45) is 23.0 Å². The molecule has 0 spiro atoms. The van der Waals surface area contributed by atoms with Crippen molar-refractivity contribution in [1.82, 2.24) is 0 Å². The Morgan fingerprint density at radius 3 is 1.76 bits per heavy atom. The molecule has 0 heterocycles. The minimum Gasteiger partial charge on any atom is -0.458 e. The maximum Gasteiger partial charge on any atom is 0.513 e. The highest BCUT2D eigenvalue weighted by Gasteiger charge is 2.26. The molecule has 2 N–H and O–H groups in total. The average molecular weight is 584 g/mol. The first-order chi connectivity index (χ1) is 19.0. The second kappa shape index (κ2) is 16.7. The van der Waals surface area contributed by atoms with E-state index in [1.807, 2.05) is 48.5 Å². The third kappa shape index (κ3) is 15.1. The van der Waals surface area contributed by atoms with Crippen LogP contribution in [0.2, 0.25) is 0 Å². The maximum atomic E-state index is 12.6. The summed E-state index contributed by atoms with van der Waals surface area (Å²) in [6, 6.07) is 3.22. The molecule has 0 amide bonds. The number of carbonyl (C=O) groups excluding carboxylic acids is 4. The highest BCUT2D eigenvalue weighted by Crippen LogP contribution is 2.30. The van der Waals surface area contributed by atoms with E-state index in [1.165, 1.54) is 12.1 Å². The van der Waals surface area contributed by atoms with Crippen molar-refractivity contribution < 1.29 is 52.3 Å². The van der Waals surface area contributed by atoms with Crippen LogP contribution in [0, 0.1) is 17.3 Å². The summed E-state index contributed by atoms with van der Waals surface area (Å²) in [5.74, 6) is -0.787. The first kappa shape index (κ1) is 35.5. The molecule has 12 heteroatoms. The lowest BCUT2D eigenvalue weighted by Gasteiger charge is -2.23. The van der Waals surface area contributed by atoms with Gasteiger partial charge in [0.2, 0.25) is 0 Å². The summed E-state index contributed by atoms with van der Waals surface area (Å²) in [7, 11) is 0. The van der Waals surface area contributed by atoms with Crippen molar-refractivity contribution in [2.45, 2.75) is 87.0 Å². The minimum absolute atomic E-state index is 0.0100. The van der Waals surface area contributed by atoms with Crippen molar-refractivity contribution in [3.05, 3.63) is 23.8 Å². The predicted octanol–water partition coefficient (Wildman–Crippen LogP) is 5.42. The lowest BCUT2D eigenvalue weighted by atomic mass is 9.99. The third-order valence-corrected chi connectivity index (χ3v) is 5.09. The predicted molar refractivity (Wildman–Crippen MR) is 149 cm³/mol. The second-order valence-electron chi connectivity index (χ2n) is 11.8. The van der Waals surface area contributed by atoms with Crippen LogP contribution in [0.25, 0.3) is 0 Å². The summed E-state index contributed by atoms with van der Waals surface area (Å²) in [6.45, 7) is 16.7. The van der Waals surface area contributed by atoms with Crippen LogP contribution in [0.4, 0.5) is 14.4 Å². The van der Waals surface area contributed by atoms with Gasteiger partial charge in [-0.1, -0.05) is 54.5 Å². The molecule has 0 saturated carbocycles. The molecule has 1 aromatic rings. The second-order valence-corrected chi connectivity index (χ2v) is 11.8. The van der Waals surface area contributed by atoms with E-state index in [4.69, 9.17) is 38.9 Å². The molecule has 41 heavy (non-hydrogen) atoms. The van der Waals surface area contributed by atoms with E-state index in [0.29, 0.717) is 5.56 Å². The van der Waals surface area contributed by atoms with E-state index in [2.05, 4.69) is 0 Å². The Kier molecular flexibility index (Phi) is 14.4. The minimum atomic E-state index is -1.11. The Morgan fingerprint density at radius 1 is 0.732 bits per heavy atom. The summed E-state index contributed by atoms with van der Waals surface area (Å²) in [5, 5.41) is 0. The SMILES string of the molecule is CC(C)COC(=O)Oc1ccc(C[C@H](N)C(=O)O[C@@H](C)[C@H](C)OC(=O)OCC(C)(C)C)cc1OC(=O)OCC(C)C. The van der Waals surface area contributed by atoms with Gasteiger partial charge in [0.25, 0.3) is 0 Å². The van der Waals surface area contributed by atoms with E-state index < -0.39 is 42.7 Å². The van der Waals surface area contributed by atoms with Crippen molar-refractivity contribution in [3.63, 3.8) is 0 Å². The van der Waals surface area contributed by atoms with Crippen LogP contribution in [0.5, 0.6) is 11.5 Å². The largest absolute Gasteiger partial charge is 0.513 e. The summed E-state index contributed by atoms with van der Waals surface area (Å²) in [5.41, 5.74) is 6.32. The van der Waals surface area contributed by atoms with Crippen LogP contribution in [0.3, 0.4) is 0 Å². The highest BCUT2D eigenvalue weighted by molar-refractivity contribution is 5.76. The van der Waals surface area contributed by atoms with Crippen molar-refractivity contribution >= 4 is 24.4 Å². The molecule has 0 aliphatic carbocycles. The van der Waals surface area contributed by atoms with E-state index in [9.17, 15) is 19.2 Å². The first-order valence-electron chi connectivity index (χ1n) is 13.6. The molecule has 0 unspecified atom stereocenters. The molecule has 0 aliphatic rings. The van der Waals surface area contributed by atoms with Crippen molar-refractivity contribution in [2.75, 3.05) is 19.8 Å². The Morgan fingerprint density at radius 2 is 1.24 bits per heavy atom. The topological polar surface area (TPSA) is 159 Å². The molecular weight excluding hydrogens is 538 g/mol. The van der Waals surface area contributed by atoms with Crippen molar-refractivity contribution in [3.8, 4) is 11.5 Å². The van der Waals surface area contributed by atoms with Crippen LogP contribution in [-0.2, 0) is 34.9 Å². The number of ether oxygens (including phenoxy) is 7. The highest BCUT2D eigenvalue weighted by atomic mass is 16.7. The maximum absolute atomic E-state index is 12.6. The Bertz CT molecular complexity index is 1020. The van der Waals surface area contributed by atoms with E-state index in [-0.39, 0.29) is 55.0 Å². The molecule has 12 nitrogen and oxygen atoms in total. The number of esters is 1. The number of benzene rings is 1. The monoisotopic (exact) mass is 583 g/mol. The molecule has 0 radical (unpaired) electrons. The zero-order chi connectivity index (χ0) is 31.3. The quantitative estimate of drug-likeness (QED) is 0.179. The van der Waals surface area contributed by atoms with E-state index >= 15 is 0 Å². The fourth-order valence-electron chi connectivity index (χ4n) is 2.81. The summed E-state index contributed by atoms with van der Waals surface area (Å²) < 4.78 is 36.2. The molecule has 0 aliphatic heterocycles. The summed E-state index contributed by atoms with van der Waals surface area (Å²) >= 11 is 0. The fraction of sp³-hybridized carbons (Fsp3) is 0.655. The number of hydrogen-bond donors (Lipinski definition) is 1. The Labute approximate surface area is 242 Å². The molecule has 0 fully saturated rings.